The summed E-state index contributed by atoms with van der Waals surface area (Å²) in [6.07, 6.45) is -6.01. The maximum atomic E-state index is 11.9. The molecule has 0 bridgehead atoms. The first kappa shape index (κ1) is 28.6. The average Bonchev–Trinajstić information content (AvgIpc) is 2.68. The molecule has 34 heavy (non-hydrogen) atoms. The van der Waals surface area contributed by atoms with E-state index >= 15 is 0 Å². The van der Waals surface area contributed by atoms with Crippen LogP contribution in [0.15, 0.2) is 11.8 Å². The lowest BCUT2D eigenvalue weighted by Gasteiger charge is -2.43. The van der Waals surface area contributed by atoms with Gasteiger partial charge in [-0.05, 0) is 6.92 Å². The Bertz CT molecular complexity index is 831. The first-order chi connectivity index (χ1) is 15.8. The molecular formula is C21H28O13. The highest BCUT2D eigenvalue weighted by atomic mass is 16.7. The molecule has 13 heteroatoms. The molecule has 0 aromatic heterocycles. The fourth-order valence-corrected chi connectivity index (χ4v) is 2.85. The number of hydrogen-bond acceptors (Lipinski definition) is 13. The predicted octanol–water partition coefficient (Wildman–Crippen LogP) is 0.122. The van der Waals surface area contributed by atoms with E-state index in [1.54, 1.807) is 0 Å². The van der Waals surface area contributed by atoms with E-state index < -0.39 is 79.5 Å². The molecule has 0 spiro atoms. The fourth-order valence-electron chi connectivity index (χ4n) is 2.85. The molecule has 0 unspecified atom stereocenters. The van der Waals surface area contributed by atoms with E-state index in [0.29, 0.717) is 0 Å². The molecule has 1 fully saturated rings. The Morgan fingerprint density at radius 1 is 0.676 bits per heavy atom. The topological polar surface area (TPSA) is 167 Å². The van der Waals surface area contributed by atoms with Crippen LogP contribution in [0, 0.1) is 0 Å². The SMILES string of the molecule is CC(=O)OC/C(=C/O[C@@H]1O[C@H](COC(C)=O)[C@@H](OC(C)=O)[C@H](OC(C)=O)[C@H]1OC(C)=O)C(C)=O. The van der Waals surface area contributed by atoms with Crippen molar-refractivity contribution in [3.05, 3.63) is 11.8 Å². The molecule has 5 atom stereocenters. The summed E-state index contributed by atoms with van der Waals surface area (Å²) >= 11 is 0. The van der Waals surface area contributed by atoms with Crippen molar-refractivity contribution in [2.24, 2.45) is 0 Å². The van der Waals surface area contributed by atoms with Crippen molar-refractivity contribution in [1.29, 1.82) is 0 Å². The quantitative estimate of drug-likeness (QED) is 0.176. The molecule has 0 N–H and O–H groups in total. The fraction of sp³-hybridized carbons (Fsp3) is 0.619. The van der Waals surface area contributed by atoms with Crippen LogP contribution in [-0.2, 0) is 61.9 Å². The standard InChI is InChI=1S/C21H28O13/c1-10(22)16(7-28-11(2)23)8-30-21-20(33-15(6)27)19(32-14(5)26)18(31-13(4)25)17(34-21)9-29-12(3)24/h8,17-21H,7,9H2,1-6H3/b16-8-/t17-,18-,19+,20-,21-/m1/s1. The molecule has 1 rings (SSSR count). The Morgan fingerprint density at radius 3 is 1.65 bits per heavy atom. The van der Waals surface area contributed by atoms with Crippen LogP contribution in [-0.4, -0.2) is 79.5 Å². The van der Waals surface area contributed by atoms with Crippen LogP contribution in [0.1, 0.15) is 41.5 Å². The minimum absolute atomic E-state index is 0.0666. The number of carbonyl (C=O) groups is 6. The Balaban J connectivity index is 3.39. The van der Waals surface area contributed by atoms with Crippen molar-refractivity contribution in [2.75, 3.05) is 13.2 Å². The van der Waals surface area contributed by atoms with Gasteiger partial charge in [-0.15, -0.1) is 0 Å². The number of hydrogen-bond donors (Lipinski definition) is 0. The van der Waals surface area contributed by atoms with Crippen LogP contribution in [0.3, 0.4) is 0 Å². The zero-order chi connectivity index (χ0) is 26.0. The van der Waals surface area contributed by atoms with Crippen LogP contribution < -0.4 is 0 Å². The number of carbonyl (C=O) groups excluding carboxylic acids is 6. The Morgan fingerprint density at radius 2 is 1.18 bits per heavy atom. The number of ether oxygens (including phenoxy) is 7. The molecule has 0 amide bonds. The molecule has 190 valence electrons. The molecule has 0 aliphatic carbocycles. The van der Waals surface area contributed by atoms with Crippen molar-refractivity contribution < 1.29 is 61.9 Å². The molecule has 0 aromatic rings. The van der Waals surface area contributed by atoms with Gasteiger partial charge in [0.25, 0.3) is 0 Å². The maximum Gasteiger partial charge on any atom is 0.303 e. The molecule has 13 nitrogen and oxygen atoms in total. The normalized spacial score (nSPS) is 24.3. The lowest BCUT2D eigenvalue weighted by atomic mass is 9.98. The lowest BCUT2D eigenvalue weighted by Crippen LogP contribution is -2.62. The Hall–Kier alpha value is -3.48. The van der Waals surface area contributed by atoms with Gasteiger partial charge in [0.2, 0.25) is 12.4 Å². The minimum Gasteiger partial charge on any atom is -0.468 e. The van der Waals surface area contributed by atoms with E-state index in [1.165, 1.54) is 6.92 Å². The molecule has 1 heterocycles. The third-order valence-corrected chi connectivity index (χ3v) is 4.18. The molecule has 1 aliphatic rings. The maximum absolute atomic E-state index is 11.9. The number of rotatable bonds is 10. The Kier molecular flexibility index (Phi) is 11.2. The monoisotopic (exact) mass is 488 g/mol. The zero-order valence-electron chi connectivity index (χ0n) is 19.7. The van der Waals surface area contributed by atoms with Gasteiger partial charge in [-0.1, -0.05) is 0 Å². The lowest BCUT2D eigenvalue weighted by molar-refractivity contribution is -0.297. The van der Waals surface area contributed by atoms with Crippen molar-refractivity contribution >= 4 is 35.6 Å². The predicted molar refractivity (Wildman–Crippen MR) is 108 cm³/mol. The van der Waals surface area contributed by atoms with Gasteiger partial charge in [0.05, 0.1) is 11.8 Å². The second-order valence-electron chi connectivity index (χ2n) is 7.18. The summed E-state index contributed by atoms with van der Waals surface area (Å²) in [6.45, 7) is 5.89. The molecule has 0 radical (unpaired) electrons. The zero-order valence-corrected chi connectivity index (χ0v) is 19.7. The second-order valence-corrected chi connectivity index (χ2v) is 7.18. The summed E-state index contributed by atoms with van der Waals surface area (Å²) in [5, 5.41) is 0. The van der Waals surface area contributed by atoms with E-state index in [1.807, 2.05) is 0 Å². The van der Waals surface area contributed by atoms with Gasteiger partial charge in [-0.3, -0.25) is 28.8 Å². The molecular weight excluding hydrogens is 460 g/mol. The second kappa shape index (κ2) is 13.3. The van der Waals surface area contributed by atoms with Crippen LogP contribution in [0.5, 0.6) is 0 Å². The highest BCUT2D eigenvalue weighted by Crippen LogP contribution is 2.30. The average molecular weight is 488 g/mol. The van der Waals surface area contributed by atoms with Gasteiger partial charge in [0.15, 0.2) is 18.0 Å². The van der Waals surface area contributed by atoms with Gasteiger partial charge < -0.3 is 33.2 Å². The summed E-state index contributed by atoms with van der Waals surface area (Å²) in [4.78, 5) is 69.5. The molecule has 0 aromatic carbocycles. The third kappa shape index (κ3) is 9.57. The van der Waals surface area contributed by atoms with Gasteiger partial charge >= 0.3 is 29.8 Å². The van der Waals surface area contributed by atoms with Crippen molar-refractivity contribution in [1.82, 2.24) is 0 Å². The van der Waals surface area contributed by atoms with E-state index in [9.17, 15) is 28.8 Å². The van der Waals surface area contributed by atoms with Crippen molar-refractivity contribution in [2.45, 2.75) is 72.2 Å². The minimum atomic E-state index is -1.51. The number of Topliss-reactive ketones (excluding diaryl/α,β-unsaturated/α-hetero) is 1. The van der Waals surface area contributed by atoms with Crippen LogP contribution in [0.4, 0.5) is 0 Å². The molecule has 1 saturated heterocycles. The highest BCUT2D eigenvalue weighted by molar-refractivity contribution is 5.93. The van der Waals surface area contributed by atoms with E-state index in [4.69, 9.17) is 33.2 Å². The number of ketones is 1. The summed E-state index contributed by atoms with van der Waals surface area (Å²) < 4.78 is 36.7. The van der Waals surface area contributed by atoms with Gasteiger partial charge in [-0.2, -0.15) is 0 Å². The summed E-state index contributed by atoms with van der Waals surface area (Å²) in [5.41, 5.74) is -0.0666. The first-order valence-electron chi connectivity index (χ1n) is 10.1. The van der Waals surface area contributed by atoms with E-state index in [0.717, 1.165) is 40.9 Å². The summed E-state index contributed by atoms with van der Waals surface area (Å²) in [5.74, 6) is -4.20. The third-order valence-electron chi connectivity index (χ3n) is 4.18. The van der Waals surface area contributed by atoms with Gasteiger partial charge in [0.1, 0.15) is 19.3 Å². The van der Waals surface area contributed by atoms with Gasteiger partial charge in [-0.25, -0.2) is 0 Å². The van der Waals surface area contributed by atoms with Crippen molar-refractivity contribution in [3.63, 3.8) is 0 Å². The molecule has 1 aliphatic heterocycles. The number of esters is 5. The van der Waals surface area contributed by atoms with Gasteiger partial charge in [0, 0.05) is 34.6 Å². The van der Waals surface area contributed by atoms with Crippen LogP contribution in [0.2, 0.25) is 0 Å². The van der Waals surface area contributed by atoms with Crippen LogP contribution >= 0.6 is 0 Å². The summed E-state index contributed by atoms with van der Waals surface area (Å²) in [7, 11) is 0. The van der Waals surface area contributed by atoms with Crippen LogP contribution in [0.25, 0.3) is 0 Å². The largest absolute Gasteiger partial charge is 0.468 e. The molecule has 0 saturated carbocycles. The smallest absolute Gasteiger partial charge is 0.303 e. The van der Waals surface area contributed by atoms with E-state index in [-0.39, 0.29) is 5.57 Å². The highest BCUT2D eigenvalue weighted by Gasteiger charge is 2.53. The first-order valence-corrected chi connectivity index (χ1v) is 10.1. The van der Waals surface area contributed by atoms with Crippen molar-refractivity contribution in [3.8, 4) is 0 Å². The van der Waals surface area contributed by atoms with E-state index in [2.05, 4.69) is 0 Å². The Labute approximate surface area is 195 Å². The summed E-state index contributed by atoms with van der Waals surface area (Å²) in [6, 6.07) is 0.